The summed E-state index contributed by atoms with van der Waals surface area (Å²) in [6, 6.07) is 12.8. The molecule has 7 heteroatoms. The highest BCUT2D eigenvalue weighted by Gasteiger charge is 2.22. The summed E-state index contributed by atoms with van der Waals surface area (Å²) in [4.78, 5) is 39.0. The van der Waals surface area contributed by atoms with Gasteiger partial charge in [-0.05, 0) is 48.4 Å². The molecule has 2 aromatic rings. The molecule has 0 aromatic heterocycles. The van der Waals surface area contributed by atoms with Crippen molar-refractivity contribution >= 4 is 29.1 Å². The SMILES string of the molecule is NC(=O)CCN(C(=O)Cc1ccc(N2CCCC2=O)cc1)c1ccc(F)cc1. The van der Waals surface area contributed by atoms with Crippen molar-refractivity contribution in [3.63, 3.8) is 0 Å². The summed E-state index contributed by atoms with van der Waals surface area (Å²) in [6.07, 6.45) is 1.54. The standard InChI is InChI=1S/C21H22FN3O3/c22-16-5-9-18(10-6-16)25(13-11-19(23)26)21(28)14-15-3-7-17(8-4-15)24-12-1-2-20(24)27/h3-10H,1-2,11-14H2,(H2,23,26). The molecule has 2 N–H and O–H groups in total. The Morgan fingerprint density at radius 3 is 2.32 bits per heavy atom. The van der Waals surface area contributed by atoms with E-state index in [2.05, 4.69) is 0 Å². The maximum atomic E-state index is 13.2. The van der Waals surface area contributed by atoms with Crippen LogP contribution in [0, 0.1) is 5.82 Å². The van der Waals surface area contributed by atoms with Crippen LogP contribution >= 0.6 is 0 Å². The number of benzene rings is 2. The van der Waals surface area contributed by atoms with Crippen LogP contribution < -0.4 is 15.5 Å². The van der Waals surface area contributed by atoms with Gasteiger partial charge in [0, 0.05) is 37.3 Å². The predicted octanol–water partition coefficient (Wildman–Crippen LogP) is 2.40. The Morgan fingerprint density at radius 2 is 1.75 bits per heavy atom. The Hall–Kier alpha value is -3.22. The number of rotatable bonds is 7. The van der Waals surface area contributed by atoms with E-state index in [1.54, 1.807) is 4.90 Å². The van der Waals surface area contributed by atoms with Gasteiger partial charge in [0.15, 0.2) is 0 Å². The van der Waals surface area contributed by atoms with Crippen LogP contribution in [0.15, 0.2) is 48.5 Å². The molecule has 1 aliphatic heterocycles. The van der Waals surface area contributed by atoms with Crippen molar-refractivity contribution in [3.05, 3.63) is 59.9 Å². The van der Waals surface area contributed by atoms with E-state index in [9.17, 15) is 18.8 Å². The van der Waals surface area contributed by atoms with Gasteiger partial charge in [0.05, 0.1) is 6.42 Å². The fourth-order valence-corrected chi connectivity index (χ4v) is 3.23. The minimum atomic E-state index is -0.514. The molecule has 0 bridgehead atoms. The highest BCUT2D eigenvalue weighted by Crippen LogP contribution is 2.22. The number of halogens is 1. The van der Waals surface area contributed by atoms with Gasteiger partial charge in [0.2, 0.25) is 17.7 Å². The second-order valence-electron chi connectivity index (χ2n) is 6.73. The number of amides is 3. The van der Waals surface area contributed by atoms with Crippen LogP contribution in [0.25, 0.3) is 0 Å². The van der Waals surface area contributed by atoms with Gasteiger partial charge in [-0.2, -0.15) is 0 Å². The fourth-order valence-electron chi connectivity index (χ4n) is 3.23. The zero-order valence-electron chi connectivity index (χ0n) is 15.4. The average Bonchev–Trinajstić information content (AvgIpc) is 3.09. The number of anilines is 2. The summed E-state index contributed by atoms with van der Waals surface area (Å²) in [7, 11) is 0. The Bertz CT molecular complexity index is 865. The van der Waals surface area contributed by atoms with Crippen LogP contribution in [0.4, 0.5) is 15.8 Å². The number of hydrogen-bond donors (Lipinski definition) is 1. The van der Waals surface area contributed by atoms with Crippen molar-refractivity contribution in [3.8, 4) is 0 Å². The van der Waals surface area contributed by atoms with Crippen molar-refractivity contribution in [1.82, 2.24) is 0 Å². The molecule has 3 amide bonds. The third-order valence-corrected chi connectivity index (χ3v) is 4.70. The van der Waals surface area contributed by atoms with E-state index in [0.717, 1.165) is 17.7 Å². The molecule has 6 nitrogen and oxygen atoms in total. The third kappa shape index (κ3) is 4.73. The molecular weight excluding hydrogens is 361 g/mol. The van der Waals surface area contributed by atoms with Gasteiger partial charge in [-0.15, -0.1) is 0 Å². The predicted molar refractivity (Wildman–Crippen MR) is 104 cm³/mol. The minimum Gasteiger partial charge on any atom is -0.370 e. The number of carbonyl (C=O) groups excluding carboxylic acids is 3. The smallest absolute Gasteiger partial charge is 0.231 e. The van der Waals surface area contributed by atoms with Crippen LogP contribution in [0.1, 0.15) is 24.8 Å². The molecule has 1 aliphatic rings. The molecule has 1 saturated heterocycles. The molecule has 1 fully saturated rings. The third-order valence-electron chi connectivity index (χ3n) is 4.70. The Labute approximate surface area is 162 Å². The molecule has 1 heterocycles. The molecule has 0 aliphatic carbocycles. The van der Waals surface area contributed by atoms with Crippen molar-refractivity contribution < 1.29 is 18.8 Å². The maximum Gasteiger partial charge on any atom is 0.231 e. The quantitative estimate of drug-likeness (QED) is 0.797. The lowest BCUT2D eigenvalue weighted by Crippen LogP contribution is -2.35. The Balaban J connectivity index is 1.72. The minimum absolute atomic E-state index is 0.0130. The van der Waals surface area contributed by atoms with Gasteiger partial charge in [0.1, 0.15) is 5.82 Å². The van der Waals surface area contributed by atoms with Crippen LogP contribution in [-0.2, 0) is 20.8 Å². The molecule has 0 atom stereocenters. The second-order valence-corrected chi connectivity index (χ2v) is 6.73. The van der Waals surface area contributed by atoms with E-state index in [0.29, 0.717) is 18.7 Å². The Kier molecular flexibility index (Phi) is 6.03. The summed E-state index contributed by atoms with van der Waals surface area (Å²) < 4.78 is 13.2. The summed E-state index contributed by atoms with van der Waals surface area (Å²) in [5.41, 5.74) is 7.33. The fraction of sp³-hybridized carbons (Fsp3) is 0.286. The molecule has 2 aromatic carbocycles. The van der Waals surface area contributed by atoms with E-state index in [4.69, 9.17) is 5.73 Å². The van der Waals surface area contributed by atoms with Gasteiger partial charge in [-0.25, -0.2) is 4.39 Å². The number of primary amides is 1. The number of nitrogens with two attached hydrogens (primary N) is 1. The molecule has 28 heavy (non-hydrogen) atoms. The van der Waals surface area contributed by atoms with Crippen molar-refractivity contribution in [1.29, 1.82) is 0 Å². The Morgan fingerprint density at radius 1 is 1.07 bits per heavy atom. The van der Waals surface area contributed by atoms with E-state index >= 15 is 0 Å². The first kappa shape index (κ1) is 19.5. The second kappa shape index (κ2) is 8.65. The lowest BCUT2D eigenvalue weighted by Gasteiger charge is -2.23. The largest absolute Gasteiger partial charge is 0.370 e. The molecule has 0 saturated carbocycles. The van der Waals surface area contributed by atoms with Crippen LogP contribution in [0.5, 0.6) is 0 Å². The van der Waals surface area contributed by atoms with E-state index in [1.165, 1.54) is 29.2 Å². The van der Waals surface area contributed by atoms with Gasteiger partial charge in [-0.1, -0.05) is 12.1 Å². The highest BCUT2D eigenvalue weighted by molar-refractivity contribution is 5.96. The maximum absolute atomic E-state index is 13.2. The lowest BCUT2D eigenvalue weighted by atomic mass is 10.1. The van der Waals surface area contributed by atoms with Gasteiger partial charge >= 0.3 is 0 Å². The number of carbonyl (C=O) groups is 3. The van der Waals surface area contributed by atoms with Crippen LogP contribution in [0.3, 0.4) is 0 Å². The van der Waals surface area contributed by atoms with Gasteiger partial charge in [-0.3, -0.25) is 14.4 Å². The van der Waals surface area contributed by atoms with Gasteiger partial charge in [0.25, 0.3) is 0 Å². The summed E-state index contributed by atoms with van der Waals surface area (Å²) in [6.45, 7) is 0.836. The van der Waals surface area contributed by atoms with Crippen molar-refractivity contribution in [2.24, 2.45) is 5.73 Å². The molecular formula is C21H22FN3O3. The first-order valence-corrected chi connectivity index (χ1v) is 9.17. The summed E-state index contributed by atoms with van der Waals surface area (Å²) in [5, 5.41) is 0. The first-order chi connectivity index (χ1) is 13.4. The molecule has 3 rings (SSSR count). The summed E-state index contributed by atoms with van der Waals surface area (Å²) in [5.74, 6) is -1.03. The van der Waals surface area contributed by atoms with Crippen LogP contribution in [-0.4, -0.2) is 30.8 Å². The molecule has 0 unspecified atom stereocenters. The van der Waals surface area contributed by atoms with Crippen molar-refractivity contribution in [2.45, 2.75) is 25.7 Å². The highest BCUT2D eigenvalue weighted by atomic mass is 19.1. The normalized spacial score (nSPS) is 13.6. The van der Waals surface area contributed by atoms with E-state index in [1.807, 2.05) is 24.3 Å². The number of nitrogens with zero attached hydrogens (tertiary/aromatic N) is 2. The van der Waals surface area contributed by atoms with Gasteiger partial charge < -0.3 is 15.5 Å². The molecule has 146 valence electrons. The van der Waals surface area contributed by atoms with E-state index in [-0.39, 0.29) is 31.2 Å². The number of hydrogen-bond acceptors (Lipinski definition) is 3. The zero-order valence-corrected chi connectivity index (χ0v) is 15.4. The zero-order chi connectivity index (χ0) is 20.1. The first-order valence-electron chi connectivity index (χ1n) is 9.17. The monoisotopic (exact) mass is 383 g/mol. The van der Waals surface area contributed by atoms with Crippen molar-refractivity contribution in [2.75, 3.05) is 22.9 Å². The van der Waals surface area contributed by atoms with Crippen LogP contribution in [0.2, 0.25) is 0 Å². The molecule has 0 radical (unpaired) electrons. The topological polar surface area (TPSA) is 83.7 Å². The summed E-state index contributed by atoms with van der Waals surface area (Å²) >= 11 is 0. The van der Waals surface area contributed by atoms with E-state index < -0.39 is 11.7 Å². The molecule has 0 spiro atoms. The lowest BCUT2D eigenvalue weighted by molar-refractivity contribution is -0.119. The average molecular weight is 383 g/mol.